The van der Waals surface area contributed by atoms with E-state index in [0.29, 0.717) is 22.7 Å². The molecular weight excluding hydrogens is 364 g/mol. The average Bonchev–Trinajstić information content (AvgIpc) is 2.67. The Bertz CT molecular complexity index is 897. The van der Waals surface area contributed by atoms with Gasteiger partial charge in [-0.15, -0.1) is 0 Å². The highest BCUT2D eigenvalue weighted by Gasteiger charge is 2.29. The first kappa shape index (κ1) is 19.6. The molecule has 7 nitrogen and oxygen atoms in total. The molecule has 2 heterocycles. The number of rotatable bonds is 5. The van der Waals surface area contributed by atoms with Crippen LogP contribution < -0.4 is 16.4 Å². The normalized spacial score (nSPS) is 23.1. The predicted molar refractivity (Wildman–Crippen MR) is 114 cm³/mol. The second kappa shape index (κ2) is 7.97. The van der Waals surface area contributed by atoms with Crippen LogP contribution in [0.15, 0.2) is 24.5 Å². The van der Waals surface area contributed by atoms with E-state index in [1.807, 2.05) is 12.3 Å². The maximum absolute atomic E-state index is 11.9. The molecule has 0 radical (unpaired) electrons. The SMILES string of the molecule is CC1(C)CCC[C@@H](Nc2nc(N[C@H]3CCc4ncccc4C3)ncc2C(N)=O)C1. The first-order valence-electron chi connectivity index (χ1n) is 10.5. The number of carbonyl (C=O) groups excluding carboxylic acids is 1. The van der Waals surface area contributed by atoms with Crippen LogP contribution in [-0.4, -0.2) is 32.9 Å². The lowest BCUT2D eigenvalue weighted by molar-refractivity contribution is 0.100. The monoisotopic (exact) mass is 394 g/mol. The van der Waals surface area contributed by atoms with Crippen LogP contribution >= 0.6 is 0 Å². The van der Waals surface area contributed by atoms with Crippen molar-refractivity contribution in [2.24, 2.45) is 11.1 Å². The van der Waals surface area contributed by atoms with Crippen molar-refractivity contribution in [3.05, 3.63) is 41.3 Å². The molecule has 2 atom stereocenters. The molecular formula is C22H30N6O. The number of nitrogens with zero attached hydrogens (tertiary/aromatic N) is 3. The van der Waals surface area contributed by atoms with Gasteiger partial charge in [-0.3, -0.25) is 9.78 Å². The molecule has 1 fully saturated rings. The average molecular weight is 395 g/mol. The summed E-state index contributed by atoms with van der Waals surface area (Å²) in [5.74, 6) is 0.562. The summed E-state index contributed by atoms with van der Waals surface area (Å²) in [7, 11) is 0. The van der Waals surface area contributed by atoms with E-state index in [2.05, 4.69) is 45.5 Å². The highest BCUT2D eigenvalue weighted by atomic mass is 16.1. The number of fused-ring (bicyclic) bond motifs is 1. The number of nitrogens with two attached hydrogens (primary N) is 1. The highest BCUT2D eigenvalue weighted by Crippen LogP contribution is 2.36. The number of aromatic nitrogens is 3. The molecule has 0 aliphatic heterocycles. The van der Waals surface area contributed by atoms with Gasteiger partial charge in [0.15, 0.2) is 0 Å². The molecule has 4 rings (SSSR count). The molecule has 2 aromatic rings. The van der Waals surface area contributed by atoms with Crippen LogP contribution in [0, 0.1) is 5.41 Å². The van der Waals surface area contributed by atoms with Gasteiger partial charge in [-0.25, -0.2) is 4.98 Å². The molecule has 7 heteroatoms. The van der Waals surface area contributed by atoms with E-state index >= 15 is 0 Å². The number of aryl methyl sites for hydroxylation is 1. The molecule has 4 N–H and O–H groups in total. The van der Waals surface area contributed by atoms with Crippen molar-refractivity contribution >= 4 is 17.7 Å². The minimum atomic E-state index is -0.508. The van der Waals surface area contributed by atoms with E-state index in [1.54, 1.807) is 0 Å². The van der Waals surface area contributed by atoms with Crippen molar-refractivity contribution in [3.63, 3.8) is 0 Å². The lowest BCUT2D eigenvalue weighted by Gasteiger charge is -2.36. The number of amides is 1. The first-order valence-corrected chi connectivity index (χ1v) is 10.5. The molecule has 0 aromatic carbocycles. The lowest BCUT2D eigenvalue weighted by atomic mass is 9.75. The number of nitrogens with one attached hydrogen (secondary N) is 2. The van der Waals surface area contributed by atoms with Gasteiger partial charge in [-0.2, -0.15) is 4.98 Å². The van der Waals surface area contributed by atoms with Gasteiger partial charge in [-0.05, 0) is 55.6 Å². The zero-order valence-corrected chi connectivity index (χ0v) is 17.2. The van der Waals surface area contributed by atoms with Crippen LogP contribution in [0.4, 0.5) is 11.8 Å². The Morgan fingerprint density at radius 1 is 1.21 bits per heavy atom. The summed E-state index contributed by atoms with van der Waals surface area (Å²) in [6, 6.07) is 4.64. The fraction of sp³-hybridized carbons (Fsp3) is 0.545. The van der Waals surface area contributed by atoms with Crippen molar-refractivity contribution in [2.75, 3.05) is 10.6 Å². The minimum absolute atomic E-state index is 0.243. The zero-order chi connectivity index (χ0) is 20.4. The Morgan fingerprint density at radius 3 is 2.86 bits per heavy atom. The Balaban J connectivity index is 1.50. The summed E-state index contributed by atoms with van der Waals surface area (Å²) in [5.41, 5.74) is 8.66. The summed E-state index contributed by atoms with van der Waals surface area (Å²) in [4.78, 5) is 25.4. The highest BCUT2D eigenvalue weighted by molar-refractivity contribution is 5.97. The molecule has 0 bridgehead atoms. The van der Waals surface area contributed by atoms with E-state index in [0.717, 1.165) is 32.1 Å². The standard InChI is InChI=1S/C22H30N6O/c1-22(2)9-3-6-16(12-22)26-20-17(19(23)29)13-25-21(28-20)27-15-7-8-18-14(11-15)5-4-10-24-18/h4-5,10,13,15-16H,3,6-9,11-12H2,1-2H3,(H2,23,29)(H2,25,26,27,28)/t15-,16+/m0/s1. The van der Waals surface area contributed by atoms with Crippen LogP contribution in [0.5, 0.6) is 0 Å². The maximum atomic E-state index is 11.9. The largest absolute Gasteiger partial charge is 0.366 e. The van der Waals surface area contributed by atoms with Crippen LogP contribution in [0.2, 0.25) is 0 Å². The molecule has 2 aliphatic rings. The van der Waals surface area contributed by atoms with Crippen LogP contribution in [0.1, 0.15) is 67.6 Å². The van der Waals surface area contributed by atoms with Crippen LogP contribution in [0.25, 0.3) is 0 Å². The van der Waals surface area contributed by atoms with Gasteiger partial charge < -0.3 is 16.4 Å². The Kier molecular flexibility index (Phi) is 5.39. The molecule has 1 saturated carbocycles. The van der Waals surface area contributed by atoms with E-state index in [1.165, 1.54) is 30.3 Å². The van der Waals surface area contributed by atoms with Crippen molar-refractivity contribution < 1.29 is 4.79 Å². The number of anilines is 2. The van der Waals surface area contributed by atoms with Gasteiger partial charge in [-0.1, -0.05) is 26.3 Å². The molecule has 0 unspecified atom stereocenters. The van der Waals surface area contributed by atoms with Crippen molar-refractivity contribution in [1.82, 2.24) is 15.0 Å². The number of hydrogen-bond donors (Lipinski definition) is 3. The Morgan fingerprint density at radius 2 is 2.07 bits per heavy atom. The van der Waals surface area contributed by atoms with Gasteiger partial charge in [0.25, 0.3) is 5.91 Å². The second-order valence-electron chi connectivity index (χ2n) is 9.12. The number of pyridine rings is 1. The fourth-order valence-corrected chi connectivity index (χ4v) is 4.62. The van der Waals surface area contributed by atoms with Gasteiger partial charge in [0.05, 0.1) is 5.56 Å². The summed E-state index contributed by atoms with van der Waals surface area (Å²) < 4.78 is 0. The van der Waals surface area contributed by atoms with E-state index < -0.39 is 5.91 Å². The smallest absolute Gasteiger partial charge is 0.254 e. The van der Waals surface area contributed by atoms with Crippen LogP contribution in [-0.2, 0) is 12.8 Å². The second-order valence-corrected chi connectivity index (χ2v) is 9.12. The number of hydrogen-bond acceptors (Lipinski definition) is 6. The molecule has 2 aromatic heterocycles. The molecule has 29 heavy (non-hydrogen) atoms. The van der Waals surface area contributed by atoms with Gasteiger partial charge in [0.2, 0.25) is 5.95 Å². The molecule has 1 amide bonds. The van der Waals surface area contributed by atoms with Gasteiger partial charge >= 0.3 is 0 Å². The predicted octanol–water partition coefficient (Wildman–Crippen LogP) is 3.32. The number of carbonyl (C=O) groups is 1. The summed E-state index contributed by atoms with van der Waals surface area (Å²) in [6.07, 6.45) is 10.7. The third-order valence-electron chi connectivity index (χ3n) is 6.11. The fourth-order valence-electron chi connectivity index (χ4n) is 4.62. The van der Waals surface area contributed by atoms with E-state index in [-0.39, 0.29) is 12.1 Å². The van der Waals surface area contributed by atoms with E-state index in [4.69, 9.17) is 5.73 Å². The molecule has 0 saturated heterocycles. The quantitative estimate of drug-likeness (QED) is 0.718. The van der Waals surface area contributed by atoms with E-state index in [9.17, 15) is 4.79 Å². The molecule has 154 valence electrons. The van der Waals surface area contributed by atoms with Crippen molar-refractivity contribution in [3.8, 4) is 0 Å². The first-order chi connectivity index (χ1) is 13.9. The van der Waals surface area contributed by atoms with Gasteiger partial charge in [0, 0.05) is 30.2 Å². The van der Waals surface area contributed by atoms with Crippen molar-refractivity contribution in [2.45, 2.75) is 70.9 Å². The Hall–Kier alpha value is -2.70. The maximum Gasteiger partial charge on any atom is 0.254 e. The van der Waals surface area contributed by atoms with Crippen molar-refractivity contribution in [1.29, 1.82) is 0 Å². The lowest BCUT2D eigenvalue weighted by Crippen LogP contribution is -2.33. The summed E-state index contributed by atoms with van der Waals surface area (Å²) >= 11 is 0. The Labute approximate surface area is 171 Å². The summed E-state index contributed by atoms with van der Waals surface area (Å²) in [6.45, 7) is 4.58. The third-order valence-corrected chi connectivity index (χ3v) is 6.11. The van der Waals surface area contributed by atoms with Gasteiger partial charge in [0.1, 0.15) is 5.82 Å². The number of primary amides is 1. The molecule has 0 spiro atoms. The minimum Gasteiger partial charge on any atom is -0.366 e. The third kappa shape index (κ3) is 4.66. The zero-order valence-electron chi connectivity index (χ0n) is 17.2. The summed E-state index contributed by atoms with van der Waals surface area (Å²) in [5, 5.41) is 6.92. The van der Waals surface area contributed by atoms with Crippen LogP contribution in [0.3, 0.4) is 0 Å². The molecule has 2 aliphatic carbocycles. The topological polar surface area (TPSA) is 106 Å².